The summed E-state index contributed by atoms with van der Waals surface area (Å²) in [5.41, 5.74) is 1.30. The van der Waals surface area contributed by atoms with Gasteiger partial charge in [0.2, 0.25) is 5.91 Å². The molecule has 0 unspecified atom stereocenters. The number of H-pyrrole nitrogens is 1. The largest absolute Gasteiger partial charge is 0.324 e. The fourth-order valence-corrected chi connectivity index (χ4v) is 3.04. The Hall–Kier alpha value is -2.45. The zero-order valence-electron chi connectivity index (χ0n) is 12.9. The highest BCUT2D eigenvalue weighted by Gasteiger charge is 2.10. The number of carbonyl (C=O) groups excluding carboxylic acids is 1. The molecule has 0 aliphatic carbocycles. The van der Waals surface area contributed by atoms with Crippen LogP contribution >= 0.6 is 27.7 Å². The molecule has 0 aliphatic heterocycles. The topological polar surface area (TPSA) is 87.7 Å². The summed E-state index contributed by atoms with van der Waals surface area (Å²) in [4.78, 5) is 26.8. The van der Waals surface area contributed by atoms with Gasteiger partial charge in [-0.25, -0.2) is 0 Å². The van der Waals surface area contributed by atoms with Crippen LogP contribution in [0.15, 0.2) is 69.0 Å². The first kappa shape index (κ1) is 17.4. The highest BCUT2D eigenvalue weighted by molar-refractivity contribution is 9.10. The zero-order chi connectivity index (χ0) is 17.6. The second-order valence-electron chi connectivity index (χ2n) is 4.99. The average molecular weight is 417 g/mol. The van der Waals surface area contributed by atoms with Gasteiger partial charge in [-0.15, -0.1) is 10.2 Å². The maximum Gasteiger partial charge on any atom is 0.278 e. The summed E-state index contributed by atoms with van der Waals surface area (Å²) in [5.74, 6) is -0.0944. The van der Waals surface area contributed by atoms with E-state index >= 15 is 0 Å². The number of halogens is 1. The molecule has 0 bridgehead atoms. The minimum absolute atomic E-state index is 0.108. The molecule has 2 aromatic carbocycles. The van der Waals surface area contributed by atoms with Crippen molar-refractivity contribution in [1.82, 2.24) is 15.2 Å². The Balaban J connectivity index is 1.64. The summed E-state index contributed by atoms with van der Waals surface area (Å²) in [6.45, 7) is 0. The SMILES string of the molecule is O=C(CSc1nnc(-c2ccccc2)c(=O)[nH]1)Nc1ccccc1Br. The lowest BCUT2D eigenvalue weighted by atomic mass is 10.2. The van der Waals surface area contributed by atoms with Gasteiger partial charge < -0.3 is 5.32 Å². The number of hydrogen-bond donors (Lipinski definition) is 2. The normalized spacial score (nSPS) is 10.4. The smallest absolute Gasteiger partial charge is 0.278 e. The number of nitrogens with zero attached hydrogens (tertiary/aromatic N) is 2. The number of aromatic amines is 1. The molecular formula is C17H13BrN4O2S. The van der Waals surface area contributed by atoms with E-state index in [0.29, 0.717) is 16.4 Å². The molecular weight excluding hydrogens is 404 g/mol. The van der Waals surface area contributed by atoms with Crippen molar-refractivity contribution >= 4 is 39.3 Å². The molecule has 25 heavy (non-hydrogen) atoms. The molecule has 0 saturated carbocycles. The van der Waals surface area contributed by atoms with E-state index in [2.05, 4.69) is 36.4 Å². The van der Waals surface area contributed by atoms with Crippen LogP contribution in [0.1, 0.15) is 0 Å². The van der Waals surface area contributed by atoms with Gasteiger partial charge in [0.25, 0.3) is 5.56 Å². The number of benzene rings is 2. The van der Waals surface area contributed by atoms with E-state index in [1.54, 1.807) is 18.2 Å². The molecule has 1 heterocycles. The van der Waals surface area contributed by atoms with Crippen LogP contribution in [0.4, 0.5) is 5.69 Å². The van der Waals surface area contributed by atoms with Crippen LogP contribution < -0.4 is 10.9 Å². The Morgan fingerprint density at radius 2 is 1.80 bits per heavy atom. The van der Waals surface area contributed by atoms with Crippen molar-refractivity contribution in [3.8, 4) is 11.3 Å². The molecule has 126 valence electrons. The predicted octanol–water partition coefficient (Wildman–Crippen LogP) is 3.33. The molecule has 0 atom stereocenters. The maximum atomic E-state index is 12.1. The summed E-state index contributed by atoms with van der Waals surface area (Å²) in [7, 11) is 0. The lowest BCUT2D eigenvalue weighted by molar-refractivity contribution is -0.113. The first-order valence-electron chi connectivity index (χ1n) is 7.33. The van der Waals surface area contributed by atoms with Crippen LogP contribution in [0.2, 0.25) is 0 Å². The standard InChI is InChI=1S/C17H13BrN4O2S/c18-12-8-4-5-9-13(12)19-14(23)10-25-17-20-16(24)15(21-22-17)11-6-2-1-3-7-11/h1-9H,10H2,(H,19,23)(H,20,22,24). The van der Waals surface area contributed by atoms with Gasteiger partial charge in [0.15, 0.2) is 10.9 Å². The summed E-state index contributed by atoms with van der Waals surface area (Å²) < 4.78 is 0.800. The number of thioether (sulfide) groups is 1. The Bertz CT molecular complexity index is 947. The van der Waals surface area contributed by atoms with Crippen LogP contribution in [0.5, 0.6) is 0 Å². The number of amides is 1. The van der Waals surface area contributed by atoms with Gasteiger partial charge in [-0.1, -0.05) is 54.2 Å². The molecule has 0 aliphatic rings. The summed E-state index contributed by atoms with van der Waals surface area (Å²) in [6.07, 6.45) is 0. The zero-order valence-corrected chi connectivity index (χ0v) is 15.3. The van der Waals surface area contributed by atoms with Crippen molar-refractivity contribution < 1.29 is 4.79 Å². The molecule has 0 saturated heterocycles. The van der Waals surface area contributed by atoms with Crippen molar-refractivity contribution in [2.45, 2.75) is 5.16 Å². The number of aromatic nitrogens is 3. The molecule has 3 rings (SSSR count). The number of carbonyl (C=O) groups is 1. The second kappa shape index (κ2) is 8.09. The minimum atomic E-state index is -0.338. The van der Waals surface area contributed by atoms with Gasteiger partial charge in [0.05, 0.1) is 11.4 Å². The molecule has 0 fully saturated rings. The molecule has 2 N–H and O–H groups in total. The molecule has 3 aromatic rings. The number of hydrogen-bond acceptors (Lipinski definition) is 5. The van der Waals surface area contributed by atoms with Crippen molar-refractivity contribution in [2.75, 3.05) is 11.1 Å². The average Bonchev–Trinajstić information content (AvgIpc) is 2.63. The Labute approximate surface area is 156 Å². The fourth-order valence-electron chi connectivity index (χ4n) is 2.05. The van der Waals surface area contributed by atoms with E-state index in [0.717, 1.165) is 16.2 Å². The third-order valence-electron chi connectivity index (χ3n) is 3.21. The quantitative estimate of drug-likeness (QED) is 0.622. The van der Waals surface area contributed by atoms with E-state index < -0.39 is 0 Å². The van der Waals surface area contributed by atoms with Gasteiger partial charge >= 0.3 is 0 Å². The highest BCUT2D eigenvalue weighted by Crippen LogP contribution is 2.22. The summed E-state index contributed by atoms with van der Waals surface area (Å²) >= 11 is 4.48. The van der Waals surface area contributed by atoms with Crippen LogP contribution in [-0.2, 0) is 4.79 Å². The lowest BCUT2D eigenvalue weighted by Gasteiger charge is -2.06. The van der Waals surface area contributed by atoms with Gasteiger partial charge in [0.1, 0.15) is 0 Å². The monoisotopic (exact) mass is 416 g/mol. The van der Waals surface area contributed by atoms with Crippen LogP contribution in [-0.4, -0.2) is 26.8 Å². The van der Waals surface area contributed by atoms with Crippen LogP contribution in [0.3, 0.4) is 0 Å². The Morgan fingerprint density at radius 3 is 2.52 bits per heavy atom. The van der Waals surface area contributed by atoms with Gasteiger partial charge in [-0.2, -0.15) is 0 Å². The van der Waals surface area contributed by atoms with E-state index in [9.17, 15) is 9.59 Å². The van der Waals surface area contributed by atoms with Gasteiger partial charge in [-0.05, 0) is 28.1 Å². The minimum Gasteiger partial charge on any atom is -0.324 e. The van der Waals surface area contributed by atoms with Crippen molar-refractivity contribution in [1.29, 1.82) is 0 Å². The van der Waals surface area contributed by atoms with Crippen molar-refractivity contribution in [3.05, 3.63) is 69.4 Å². The first-order chi connectivity index (χ1) is 12.1. The fraction of sp³-hybridized carbons (Fsp3) is 0.0588. The second-order valence-corrected chi connectivity index (χ2v) is 6.81. The van der Waals surface area contributed by atoms with Gasteiger partial charge in [0, 0.05) is 10.0 Å². The summed E-state index contributed by atoms with van der Waals surface area (Å²) in [5, 5.41) is 11.0. The van der Waals surface area contributed by atoms with Gasteiger partial charge in [-0.3, -0.25) is 14.6 Å². The van der Waals surface area contributed by atoms with Crippen molar-refractivity contribution in [2.24, 2.45) is 0 Å². The van der Waals surface area contributed by atoms with Crippen LogP contribution in [0.25, 0.3) is 11.3 Å². The number of anilines is 1. The van der Waals surface area contributed by atoms with E-state index in [-0.39, 0.29) is 22.9 Å². The Kier molecular flexibility index (Phi) is 5.62. The molecule has 0 spiro atoms. The van der Waals surface area contributed by atoms with E-state index in [1.807, 2.05) is 36.4 Å². The Morgan fingerprint density at radius 1 is 1.08 bits per heavy atom. The number of para-hydroxylation sites is 1. The third kappa shape index (κ3) is 4.55. The third-order valence-corrected chi connectivity index (χ3v) is 4.77. The maximum absolute atomic E-state index is 12.1. The lowest BCUT2D eigenvalue weighted by Crippen LogP contribution is -2.17. The number of rotatable bonds is 5. The van der Waals surface area contributed by atoms with E-state index in [1.165, 1.54) is 0 Å². The highest BCUT2D eigenvalue weighted by atomic mass is 79.9. The predicted molar refractivity (Wildman–Crippen MR) is 102 cm³/mol. The molecule has 6 nitrogen and oxygen atoms in total. The van der Waals surface area contributed by atoms with Crippen LogP contribution in [0, 0.1) is 0 Å². The number of nitrogens with one attached hydrogen (secondary N) is 2. The summed E-state index contributed by atoms with van der Waals surface area (Å²) in [6, 6.07) is 16.4. The molecule has 1 amide bonds. The first-order valence-corrected chi connectivity index (χ1v) is 9.11. The van der Waals surface area contributed by atoms with E-state index in [4.69, 9.17) is 0 Å². The molecule has 0 radical (unpaired) electrons. The molecule has 1 aromatic heterocycles. The molecule has 8 heteroatoms. The van der Waals surface area contributed by atoms with Crippen molar-refractivity contribution in [3.63, 3.8) is 0 Å².